The van der Waals surface area contributed by atoms with E-state index in [9.17, 15) is 0 Å². The molecule has 0 aliphatic rings. The third-order valence-corrected chi connectivity index (χ3v) is 0. The van der Waals surface area contributed by atoms with Crippen LogP contribution in [0.25, 0.3) is 0 Å². The molecule has 32 valence electrons. The second-order valence-corrected chi connectivity index (χ2v) is 3.86. The van der Waals surface area contributed by atoms with Gasteiger partial charge in [0.1, 0.15) is 0 Å². The van der Waals surface area contributed by atoms with E-state index >= 15 is 0 Å². The second kappa shape index (κ2) is 16.7. The molecule has 0 aliphatic heterocycles. The Morgan fingerprint density at radius 3 is 1.20 bits per heavy atom. The average molecular weight is 255 g/mol. The molecular weight excluding hydrogens is 252 g/mol. The monoisotopic (exact) mass is 256 g/mol. The summed E-state index contributed by atoms with van der Waals surface area (Å²) in [5.74, 6) is 0. The fourth-order valence-corrected chi connectivity index (χ4v) is 0. The van der Waals surface area contributed by atoms with Crippen LogP contribution in [-0.2, 0) is 0 Å². The summed E-state index contributed by atoms with van der Waals surface area (Å²) in [6.07, 6.45) is 0. The Kier molecular flexibility index (Phi) is 33.6. The molecule has 0 N–H and O–H groups in total. The third kappa shape index (κ3) is 24.4. The van der Waals surface area contributed by atoms with Gasteiger partial charge in [-0.3, -0.25) is 0 Å². The minimum atomic E-state index is -0.743. The number of hydrogen-bond acceptors (Lipinski definition) is 0. The van der Waals surface area contributed by atoms with Gasteiger partial charge in [-0.05, 0) is 0 Å². The van der Waals surface area contributed by atoms with Crippen molar-refractivity contribution in [3.63, 3.8) is 0 Å². The molecule has 0 saturated heterocycles. The molecule has 0 spiro atoms. The predicted octanol–water partition coefficient (Wildman–Crippen LogP) is 0.504. The Hall–Kier alpha value is 1.96. The Bertz CT molecular complexity index is 4.85. The fraction of sp³-hybridized carbons (Fsp3) is 0. The normalized spacial score (nSPS) is 4.80. The van der Waals surface area contributed by atoms with E-state index in [1.54, 1.807) is 0 Å². The van der Waals surface area contributed by atoms with Crippen LogP contribution < -0.4 is 0 Å². The maximum absolute atomic E-state index is 4.92. The molecule has 0 heterocycles. The van der Waals surface area contributed by atoms with Gasteiger partial charge < -0.3 is 0 Å². The van der Waals surface area contributed by atoms with E-state index in [-0.39, 0.29) is 0 Å². The SMILES string of the molecule is [Cl][GeH2].[Cl][GeH][Cl]. The van der Waals surface area contributed by atoms with Gasteiger partial charge in [0.2, 0.25) is 0 Å². The van der Waals surface area contributed by atoms with Gasteiger partial charge in [-0.1, -0.05) is 0 Å². The number of hydrogen-bond donors (Lipinski definition) is 0. The Morgan fingerprint density at radius 2 is 1.20 bits per heavy atom. The van der Waals surface area contributed by atoms with Crippen LogP contribution in [0.15, 0.2) is 0 Å². The molecular formula is H3Cl3Ge2. The standard InChI is InChI=1S/Cl2GeH.ClGeH2/c1-3-2;1-2/h3H;2H2. The van der Waals surface area contributed by atoms with Crippen molar-refractivity contribution in [2.75, 3.05) is 0 Å². The van der Waals surface area contributed by atoms with E-state index < -0.39 is 13.6 Å². The van der Waals surface area contributed by atoms with Gasteiger partial charge in [-0.2, -0.15) is 0 Å². The van der Waals surface area contributed by atoms with Gasteiger partial charge in [0.25, 0.3) is 0 Å². The molecule has 2 radical (unpaired) electrons. The fourth-order valence-electron chi connectivity index (χ4n) is 0. The summed E-state index contributed by atoms with van der Waals surface area (Å²) < 4.78 is 0. The van der Waals surface area contributed by atoms with Crippen LogP contribution in [0.2, 0.25) is 0 Å². The van der Waals surface area contributed by atoms with Gasteiger partial charge in [-0.25, -0.2) is 0 Å². The van der Waals surface area contributed by atoms with Crippen molar-refractivity contribution in [3.05, 3.63) is 0 Å². The van der Waals surface area contributed by atoms with Crippen LogP contribution in [0, 0.1) is 0 Å². The predicted molar refractivity (Wildman–Crippen MR) is 33.3 cm³/mol. The first-order valence-corrected chi connectivity index (χ1v) is 11.0. The van der Waals surface area contributed by atoms with Gasteiger partial charge in [0.05, 0.1) is 0 Å². The molecule has 0 aromatic carbocycles. The van der Waals surface area contributed by atoms with E-state index in [0.29, 0.717) is 0 Å². The quantitative estimate of drug-likeness (QED) is 0.553. The Labute approximate surface area is 58.8 Å². The molecule has 0 aromatic rings. The van der Waals surface area contributed by atoms with Crippen molar-refractivity contribution in [1.82, 2.24) is 0 Å². The van der Waals surface area contributed by atoms with E-state index in [1.165, 1.54) is 0 Å². The van der Waals surface area contributed by atoms with Crippen molar-refractivity contribution in [3.8, 4) is 0 Å². The van der Waals surface area contributed by atoms with Crippen molar-refractivity contribution < 1.29 is 0 Å². The molecule has 0 fully saturated rings. The Balaban J connectivity index is 0. The molecule has 0 amide bonds. The molecule has 0 rings (SSSR count). The van der Waals surface area contributed by atoms with Gasteiger partial charge >= 0.3 is 59.2 Å². The number of halogens is 3. The summed E-state index contributed by atoms with van der Waals surface area (Å²) in [5, 5.41) is 0. The van der Waals surface area contributed by atoms with Crippen LogP contribution in [0.3, 0.4) is 0 Å². The molecule has 0 aromatic heterocycles. The first-order valence-electron chi connectivity index (χ1n) is 0.704. The molecule has 0 saturated carbocycles. The summed E-state index contributed by atoms with van der Waals surface area (Å²) in [4.78, 5) is 0. The summed E-state index contributed by atoms with van der Waals surface area (Å²) in [6.45, 7) is 0. The average Bonchev–Trinajstić information content (AvgIpc) is 1.46. The molecule has 5 heavy (non-hydrogen) atoms. The van der Waals surface area contributed by atoms with E-state index in [0.717, 1.165) is 15.6 Å². The third-order valence-electron chi connectivity index (χ3n) is 0. The van der Waals surface area contributed by atoms with Crippen LogP contribution in [0.5, 0.6) is 0 Å². The van der Waals surface area contributed by atoms with E-state index in [2.05, 4.69) is 0 Å². The van der Waals surface area contributed by atoms with Crippen molar-refractivity contribution in [2.45, 2.75) is 0 Å². The van der Waals surface area contributed by atoms with Crippen LogP contribution in [-0.4, -0.2) is 29.2 Å². The molecule has 0 atom stereocenters. The topological polar surface area (TPSA) is 0 Å². The van der Waals surface area contributed by atoms with Gasteiger partial charge in [0.15, 0.2) is 0 Å². The molecule has 0 unspecified atom stereocenters. The summed E-state index contributed by atoms with van der Waals surface area (Å²) >= 11 is 0.104. The summed E-state index contributed by atoms with van der Waals surface area (Å²) in [7, 11) is 14.6. The summed E-state index contributed by atoms with van der Waals surface area (Å²) in [6, 6.07) is 0. The zero-order chi connectivity index (χ0) is 4.71. The van der Waals surface area contributed by atoms with Crippen molar-refractivity contribution in [2.24, 2.45) is 0 Å². The first kappa shape index (κ1) is 10.0. The van der Waals surface area contributed by atoms with Crippen LogP contribution in [0.4, 0.5) is 0 Å². The second-order valence-electron chi connectivity index (χ2n) is 0.0825. The van der Waals surface area contributed by atoms with E-state index in [4.69, 9.17) is 30.0 Å². The molecule has 0 bridgehead atoms. The zero-order valence-electron chi connectivity index (χ0n) is 2.42. The first-order chi connectivity index (χ1) is 2.41. The zero-order valence-corrected chi connectivity index (χ0v) is 10.1. The molecule has 5 heteroatoms. The molecule has 0 nitrogen and oxygen atoms in total. The van der Waals surface area contributed by atoms with Gasteiger partial charge in [-0.15, -0.1) is 0 Å². The van der Waals surface area contributed by atoms with Crippen molar-refractivity contribution in [1.29, 1.82) is 0 Å². The van der Waals surface area contributed by atoms with Gasteiger partial charge in [0, 0.05) is 0 Å². The minimum absolute atomic E-state index is 0.743. The summed E-state index contributed by atoms with van der Waals surface area (Å²) in [5.41, 5.74) is 0. The maximum atomic E-state index is 4.92. The Morgan fingerprint density at radius 1 is 1.20 bits per heavy atom. The van der Waals surface area contributed by atoms with Crippen LogP contribution in [0.1, 0.15) is 0 Å². The van der Waals surface area contributed by atoms with Crippen molar-refractivity contribution >= 4 is 59.2 Å². The molecule has 0 aliphatic carbocycles. The number of rotatable bonds is 0. The van der Waals surface area contributed by atoms with E-state index in [1.807, 2.05) is 0 Å². The van der Waals surface area contributed by atoms with Crippen LogP contribution >= 0.6 is 30.0 Å².